The molecule has 0 N–H and O–H groups in total. The lowest BCUT2D eigenvalue weighted by atomic mass is 10.2. The molecule has 0 fully saturated rings. The maximum Gasteiger partial charge on any atom is 0.358 e. The molecule has 0 spiro atoms. The third-order valence-electron chi connectivity index (χ3n) is 3.10. The molecule has 0 radical (unpaired) electrons. The third kappa shape index (κ3) is 2.64. The summed E-state index contributed by atoms with van der Waals surface area (Å²) in [5.74, 6) is -0.369. The Hall–Kier alpha value is -2.27. The number of thiazole rings is 1. The fourth-order valence-electron chi connectivity index (χ4n) is 2.10. The van der Waals surface area contributed by atoms with Gasteiger partial charge in [0.2, 0.25) is 0 Å². The predicted molar refractivity (Wildman–Crippen MR) is 83.5 cm³/mol. The smallest absolute Gasteiger partial charge is 0.358 e. The molecule has 5 heteroatoms. The van der Waals surface area contributed by atoms with Gasteiger partial charge in [0.1, 0.15) is 5.01 Å². The molecule has 0 atom stereocenters. The Morgan fingerprint density at radius 3 is 2.95 bits per heavy atom. The summed E-state index contributed by atoms with van der Waals surface area (Å²) in [6.07, 6.45) is 1.79. The summed E-state index contributed by atoms with van der Waals surface area (Å²) in [4.78, 5) is 21.5. The van der Waals surface area contributed by atoms with Crippen molar-refractivity contribution in [3.63, 3.8) is 0 Å². The lowest BCUT2D eigenvalue weighted by molar-refractivity contribution is 0.0519. The minimum Gasteiger partial charge on any atom is -0.461 e. The van der Waals surface area contributed by atoms with Gasteiger partial charge in [-0.1, -0.05) is 18.2 Å². The van der Waals surface area contributed by atoms with E-state index >= 15 is 0 Å². The minimum absolute atomic E-state index is 0.350. The first-order valence-corrected chi connectivity index (χ1v) is 7.50. The van der Waals surface area contributed by atoms with E-state index in [1.165, 1.54) is 11.3 Å². The molecule has 106 valence electrons. The third-order valence-corrected chi connectivity index (χ3v) is 4.12. The van der Waals surface area contributed by atoms with Gasteiger partial charge in [-0.3, -0.25) is 4.98 Å². The number of nitrogens with zero attached hydrogens (tertiary/aromatic N) is 2. The number of carbonyl (C=O) groups excluding carboxylic acids is 1. The molecule has 0 saturated carbocycles. The molecule has 0 aliphatic carbocycles. The van der Waals surface area contributed by atoms with Crippen LogP contribution in [0, 0.1) is 6.92 Å². The first-order chi connectivity index (χ1) is 10.2. The monoisotopic (exact) mass is 298 g/mol. The van der Waals surface area contributed by atoms with Gasteiger partial charge in [-0.05, 0) is 26.0 Å². The van der Waals surface area contributed by atoms with Crippen LogP contribution in [0.25, 0.3) is 21.5 Å². The highest BCUT2D eigenvalue weighted by Crippen LogP contribution is 2.29. The number of benzene rings is 1. The van der Waals surface area contributed by atoms with Gasteiger partial charge in [0.05, 0.1) is 12.1 Å². The van der Waals surface area contributed by atoms with Crippen LogP contribution in [-0.4, -0.2) is 22.5 Å². The second-order valence-electron chi connectivity index (χ2n) is 4.56. The Morgan fingerprint density at radius 2 is 2.14 bits per heavy atom. The number of rotatable bonds is 3. The van der Waals surface area contributed by atoms with Crippen molar-refractivity contribution < 1.29 is 9.53 Å². The van der Waals surface area contributed by atoms with E-state index in [2.05, 4.69) is 9.97 Å². The van der Waals surface area contributed by atoms with E-state index in [4.69, 9.17) is 4.74 Å². The van der Waals surface area contributed by atoms with E-state index in [1.807, 2.05) is 37.3 Å². The molecule has 2 aromatic heterocycles. The normalized spacial score (nSPS) is 10.8. The van der Waals surface area contributed by atoms with Gasteiger partial charge in [0.15, 0.2) is 5.69 Å². The number of carbonyl (C=O) groups is 1. The number of aryl methyl sites for hydroxylation is 1. The van der Waals surface area contributed by atoms with Crippen LogP contribution < -0.4 is 0 Å². The van der Waals surface area contributed by atoms with Crippen molar-refractivity contribution in [1.29, 1.82) is 0 Å². The molecular weight excluding hydrogens is 284 g/mol. The zero-order valence-electron chi connectivity index (χ0n) is 11.8. The molecule has 0 amide bonds. The van der Waals surface area contributed by atoms with Gasteiger partial charge in [-0.15, -0.1) is 11.3 Å². The van der Waals surface area contributed by atoms with Crippen molar-refractivity contribution in [3.05, 3.63) is 47.1 Å². The van der Waals surface area contributed by atoms with Gasteiger partial charge in [0.25, 0.3) is 0 Å². The van der Waals surface area contributed by atoms with Crippen LogP contribution in [0.1, 0.15) is 22.3 Å². The number of hydrogen-bond acceptors (Lipinski definition) is 5. The van der Waals surface area contributed by atoms with Crippen molar-refractivity contribution in [2.24, 2.45) is 0 Å². The second kappa shape index (κ2) is 5.61. The number of hydrogen-bond donors (Lipinski definition) is 0. The zero-order chi connectivity index (χ0) is 14.8. The van der Waals surface area contributed by atoms with E-state index in [1.54, 1.807) is 13.1 Å². The van der Waals surface area contributed by atoms with Crippen LogP contribution >= 0.6 is 11.3 Å². The van der Waals surface area contributed by atoms with E-state index in [0.29, 0.717) is 12.3 Å². The number of fused-ring (bicyclic) bond motifs is 1. The van der Waals surface area contributed by atoms with Crippen molar-refractivity contribution in [3.8, 4) is 10.6 Å². The number of para-hydroxylation sites is 1. The number of esters is 1. The minimum atomic E-state index is -0.369. The fourth-order valence-corrected chi connectivity index (χ4v) is 2.98. The summed E-state index contributed by atoms with van der Waals surface area (Å²) in [5.41, 5.74) is 2.25. The van der Waals surface area contributed by atoms with Gasteiger partial charge >= 0.3 is 5.97 Å². The molecule has 3 rings (SSSR count). The molecule has 3 aromatic rings. The lowest BCUT2D eigenvalue weighted by Gasteiger charge is -2.00. The molecule has 0 saturated heterocycles. The van der Waals surface area contributed by atoms with Gasteiger partial charge in [0, 0.05) is 22.0 Å². The van der Waals surface area contributed by atoms with Crippen LogP contribution in [0.15, 0.2) is 36.5 Å². The van der Waals surface area contributed by atoms with Crippen LogP contribution in [0.2, 0.25) is 0 Å². The van der Waals surface area contributed by atoms with Gasteiger partial charge < -0.3 is 4.74 Å². The highest BCUT2D eigenvalue weighted by Gasteiger charge is 2.17. The SMILES string of the molecule is CCOC(=O)c1nc(-c2cnc3ccccc3c2)sc1C. The highest BCUT2D eigenvalue weighted by molar-refractivity contribution is 7.15. The average molecular weight is 298 g/mol. The predicted octanol–water partition coefficient (Wildman–Crippen LogP) is 3.84. The quantitative estimate of drug-likeness (QED) is 0.689. The van der Waals surface area contributed by atoms with E-state index in [0.717, 1.165) is 26.4 Å². The molecule has 4 nitrogen and oxygen atoms in total. The highest BCUT2D eigenvalue weighted by atomic mass is 32.1. The topological polar surface area (TPSA) is 52.1 Å². The average Bonchev–Trinajstić information content (AvgIpc) is 2.89. The van der Waals surface area contributed by atoms with E-state index < -0.39 is 0 Å². The molecule has 0 unspecified atom stereocenters. The first-order valence-electron chi connectivity index (χ1n) is 6.68. The molecular formula is C16H14N2O2S. The van der Waals surface area contributed by atoms with Crippen molar-refractivity contribution >= 4 is 28.2 Å². The number of ether oxygens (including phenoxy) is 1. The first kappa shape index (κ1) is 13.7. The molecule has 0 aliphatic heterocycles. The van der Waals surface area contributed by atoms with Crippen molar-refractivity contribution in [2.45, 2.75) is 13.8 Å². The summed E-state index contributed by atoms with van der Waals surface area (Å²) in [6, 6.07) is 9.96. The molecule has 0 aliphatic rings. The van der Waals surface area contributed by atoms with Crippen LogP contribution in [0.4, 0.5) is 0 Å². The fraction of sp³-hybridized carbons (Fsp3) is 0.188. The Morgan fingerprint density at radius 1 is 1.33 bits per heavy atom. The molecule has 0 bridgehead atoms. The Bertz CT molecular complexity index is 811. The maximum absolute atomic E-state index is 11.8. The summed E-state index contributed by atoms with van der Waals surface area (Å²) in [7, 11) is 0. The molecule has 1 aromatic carbocycles. The van der Waals surface area contributed by atoms with Gasteiger partial charge in [-0.25, -0.2) is 9.78 Å². The second-order valence-corrected chi connectivity index (χ2v) is 5.76. The van der Waals surface area contributed by atoms with Crippen LogP contribution in [0.3, 0.4) is 0 Å². The standard InChI is InChI=1S/C16H14N2O2S/c1-3-20-16(19)14-10(2)21-15(18-14)12-8-11-6-4-5-7-13(11)17-9-12/h4-9H,3H2,1-2H3. The van der Waals surface area contributed by atoms with E-state index in [-0.39, 0.29) is 5.97 Å². The van der Waals surface area contributed by atoms with Crippen molar-refractivity contribution in [1.82, 2.24) is 9.97 Å². The summed E-state index contributed by atoms with van der Waals surface area (Å²) in [6.45, 7) is 4.01. The lowest BCUT2D eigenvalue weighted by Crippen LogP contribution is -2.06. The van der Waals surface area contributed by atoms with Gasteiger partial charge in [-0.2, -0.15) is 0 Å². The van der Waals surface area contributed by atoms with Crippen LogP contribution in [0.5, 0.6) is 0 Å². The Kier molecular flexibility index (Phi) is 3.66. The number of pyridine rings is 1. The Balaban J connectivity index is 2.02. The molecule has 21 heavy (non-hydrogen) atoms. The van der Waals surface area contributed by atoms with Crippen molar-refractivity contribution in [2.75, 3.05) is 6.61 Å². The largest absolute Gasteiger partial charge is 0.461 e. The maximum atomic E-state index is 11.8. The van der Waals surface area contributed by atoms with Crippen LogP contribution in [-0.2, 0) is 4.74 Å². The number of aromatic nitrogens is 2. The molecule has 2 heterocycles. The zero-order valence-corrected chi connectivity index (χ0v) is 12.6. The Labute approximate surface area is 126 Å². The summed E-state index contributed by atoms with van der Waals surface area (Å²) in [5, 5.41) is 1.84. The summed E-state index contributed by atoms with van der Waals surface area (Å²) < 4.78 is 5.02. The summed E-state index contributed by atoms with van der Waals surface area (Å²) >= 11 is 1.48. The van der Waals surface area contributed by atoms with E-state index in [9.17, 15) is 4.79 Å².